The minimum Gasteiger partial charge on any atom is -0.497 e. The number of nitrogens with one attached hydrogen (secondary N) is 1. The van der Waals surface area contributed by atoms with E-state index in [-0.39, 0.29) is 5.54 Å². The van der Waals surface area contributed by atoms with Crippen LogP contribution in [0.15, 0.2) is 22.6 Å². The third-order valence-corrected chi connectivity index (χ3v) is 3.22. The van der Waals surface area contributed by atoms with Crippen LogP contribution in [0.5, 0.6) is 5.75 Å². The summed E-state index contributed by atoms with van der Waals surface area (Å²) >= 11 is 0. The third kappa shape index (κ3) is 3.10. The smallest absolute Gasteiger partial charge is 0.138 e. The monoisotopic (exact) mass is 261 g/mol. The first-order valence-electron chi connectivity index (χ1n) is 6.78. The SMILES string of the molecule is CCc1c(CNC(C)(C)C)oc2cc(OC)ccc12. The zero-order valence-corrected chi connectivity index (χ0v) is 12.5. The molecule has 0 aliphatic heterocycles. The molecule has 0 saturated heterocycles. The molecule has 0 atom stereocenters. The summed E-state index contributed by atoms with van der Waals surface area (Å²) in [4.78, 5) is 0. The largest absolute Gasteiger partial charge is 0.497 e. The molecular weight excluding hydrogens is 238 g/mol. The molecule has 0 aliphatic carbocycles. The number of rotatable bonds is 4. The highest BCUT2D eigenvalue weighted by Gasteiger charge is 2.16. The van der Waals surface area contributed by atoms with E-state index in [0.717, 1.165) is 30.1 Å². The average Bonchev–Trinajstić information content (AvgIpc) is 2.71. The van der Waals surface area contributed by atoms with Crippen molar-refractivity contribution in [3.63, 3.8) is 0 Å². The van der Waals surface area contributed by atoms with Gasteiger partial charge in [0, 0.05) is 22.6 Å². The van der Waals surface area contributed by atoms with Crippen LogP contribution in [-0.4, -0.2) is 12.6 Å². The highest BCUT2D eigenvalue weighted by atomic mass is 16.5. The molecule has 1 N–H and O–H groups in total. The van der Waals surface area contributed by atoms with Gasteiger partial charge in [0.05, 0.1) is 13.7 Å². The van der Waals surface area contributed by atoms with Crippen LogP contribution in [-0.2, 0) is 13.0 Å². The van der Waals surface area contributed by atoms with Gasteiger partial charge in [-0.25, -0.2) is 0 Å². The van der Waals surface area contributed by atoms with Crippen LogP contribution in [0.1, 0.15) is 39.0 Å². The maximum absolute atomic E-state index is 5.99. The Morgan fingerprint density at radius 2 is 2.00 bits per heavy atom. The molecule has 1 heterocycles. The van der Waals surface area contributed by atoms with E-state index in [4.69, 9.17) is 9.15 Å². The van der Waals surface area contributed by atoms with Gasteiger partial charge in [0.2, 0.25) is 0 Å². The van der Waals surface area contributed by atoms with Crippen LogP contribution in [0.2, 0.25) is 0 Å². The average molecular weight is 261 g/mol. The Hall–Kier alpha value is -1.48. The lowest BCUT2D eigenvalue weighted by atomic mass is 10.1. The molecule has 19 heavy (non-hydrogen) atoms. The minimum absolute atomic E-state index is 0.0850. The summed E-state index contributed by atoms with van der Waals surface area (Å²) in [6, 6.07) is 6.02. The Kier molecular flexibility index (Phi) is 3.85. The fourth-order valence-corrected chi connectivity index (χ4v) is 2.18. The molecule has 0 unspecified atom stereocenters. The van der Waals surface area contributed by atoms with Crippen molar-refractivity contribution in [1.29, 1.82) is 0 Å². The third-order valence-electron chi connectivity index (χ3n) is 3.22. The van der Waals surface area contributed by atoms with Gasteiger partial charge in [-0.15, -0.1) is 0 Å². The summed E-state index contributed by atoms with van der Waals surface area (Å²) in [5.74, 6) is 1.86. The second kappa shape index (κ2) is 5.25. The van der Waals surface area contributed by atoms with Gasteiger partial charge in [-0.2, -0.15) is 0 Å². The molecule has 0 bridgehead atoms. The number of hydrogen-bond donors (Lipinski definition) is 1. The van der Waals surface area contributed by atoms with E-state index in [2.05, 4.69) is 39.1 Å². The molecule has 0 spiro atoms. The van der Waals surface area contributed by atoms with Crippen molar-refractivity contribution >= 4 is 11.0 Å². The van der Waals surface area contributed by atoms with E-state index >= 15 is 0 Å². The molecule has 3 heteroatoms. The van der Waals surface area contributed by atoms with Crippen molar-refractivity contribution in [2.75, 3.05) is 7.11 Å². The van der Waals surface area contributed by atoms with E-state index in [1.807, 2.05) is 12.1 Å². The summed E-state index contributed by atoms with van der Waals surface area (Å²) in [7, 11) is 1.67. The minimum atomic E-state index is 0.0850. The quantitative estimate of drug-likeness (QED) is 0.906. The van der Waals surface area contributed by atoms with Crippen LogP contribution in [0.25, 0.3) is 11.0 Å². The molecule has 104 valence electrons. The molecule has 0 amide bonds. The zero-order chi connectivity index (χ0) is 14.0. The zero-order valence-electron chi connectivity index (χ0n) is 12.5. The van der Waals surface area contributed by atoms with Gasteiger partial charge in [0.1, 0.15) is 17.1 Å². The number of furan rings is 1. The Bertz CT molecular complexity index is 564. The molecule has 2 rings (SSSR count). The van der Waals surface area contributed by atoms with Gasteiger partial charge in [0.15, 0.2) is 0 Å². The lowest BCUT2D eigenvalue weighted by Crippen LogP contribution is -2.35. The van der Waals surface area contributed by atoms with E-state index in [1.165, 1.54) is 10.9 Å². The standard InChI is InChI=1S/C16H23NO2/c1-6-12-13-8-7-11(18-5)9-14(13)19-15(12)10-17-16(2,3)4/h7-9,17H,6,10H2,1-5H3. The van der Waals surface area contributed by atoms with Gasteiger partial charge in [-0.05, 0) is 39.3 Å². The van der Waals surface area contributed by atoms with Crippen LogP contribution >= 0.6 is 0 Å². The van der Waals surface area contributed by atoms with Crippen molar-refractivity contribution in [2.24, 2.45) is 0 Å². The van der Waals surface area contributed by atoms with Crippen molar-refractivity contribution < 1.29 is 9.15 Å². The normalized spacial score (nSPS) is 12.1. The first kappa shape index (κ1) is 13.9. The molecule has 2 aromatic rings. The predicted molar refractivity (Wildman–Crippen MR) is 78.7 cm³/mol. The summed E-state index contributed by atoms with van der Waals surface area (Å²) < 4.78 is 11.2. The van der Waals surface area contributed by atoms with Crippen molar-refractivity contribution in [2.45, 2.75) is 46.2 Å². The summed E-state index contributed by atoms with van der Waals surface area (Å²) in [6.45, 7) is 9.39. The molecule has 0 radical (unpaired) electrons. The summed E-state index contributed by atoms with van der Waals surface area (Å²) in [6.07, 6.45) is 0.973. The fraction of sp³-hybridized carbons (Fsp3) is 0.500. The fourth-order valence-electron chi connectivity index (χ4n) is 2.18. The molecule has 1 aromatic heterocycles. The Morgan fingerprint density at radius 3 is 2.58 bits per heavy atom. The van der Waals surface area contributed by atoms with Crippen molar-refractivity contribution in [3.8, 4) is 5.75 Å². The molecule has 1 aromatic carbocycles. The Balaban J connectivity index is 2.37. The summed E-state index contributed by atoms with van der Waals surface area (Å²) in [5, 5.41) is 4.67. The molecule has 0 fully saturated rings. The number of hydrogen-bond acceptors (Lipinski definition) is 3. The molecular formula is C16H23NO2. The highest BCUT2D eigenvalue weighted by Crippen LogP contribution is 2.29. The van der Waals surface area contributed by atoms with Crippen LogP contribution < -0.4 is 10.1 Å². The Morgan fingerprint density at radius 1 is 1.26 bits per heavy atom. The van der Waals surface area contributed by atoms with Gasteiger partial charge in [-0.3, -0.25) is 0 Å². The van der Waals surface area contributed by atoms with E-state index in [1.54, 1.807) is 7.11 Å². The van der Waals surface area contributed by atoms with Crippen LogP contribution in [0.3, 0.4) is 0 Å². The maximum Gasteiger partial charge on any atom is 0.138 e. The number of benzene rings is 1. The topological polar surface area (TPSA) is 34.4 Å². The van der Waals surface area contributed by atoms with E-state index in [9.17, 15) is 0 Å². The number of methoxy groups -OCH3 is 1. The van der Waals surface area contributed by atoms with Crippen molar-refractivity contribution in [3.05, 3.63) is 29.5 Å². The lowest BCUT2D eigenvalue weighted by Gasteiger charge is -2.19. The lowest BCUT2D eigenvalue weighted by molar-refractivity contribution is 0.392. The van der Waals surface area contributed by atoms with Gasteiger partial charge in [0.25, 0.3) is 0 Å². The number of fused-ring (bicyclic) bond motifs is 1. The molecule has 0 saturated carbocycles. The van der Waals surface area contributed by atoms with Gasteiger partial charge < -0.3 is 14.5 Å². The van der Waals surface area contributed by atoms with E-state index in [0.29, 0.717) is 0 Å². The number of aryl methyl sites for hydroxylation is 1. The first-order chi connectivity index (χ1) is 8.94. The van der Waals surface area contributed by atoms with Gasteiger partial charge in [-0.1, -0.05) is 6.92 Å². The van der Waals surface area contributed by atoms with Crippen LogP contribution in [0, 0.1) is 0 Å². The summed E-state index contributed by atoms with van der Waals surface area (Å²) in [5.41, 5.74) is 2.28. The molecule has 3 nitrogen and oxygen atoms in total. The Labute approximate surface area is 114 Å². The van der Waals surface area contributed by atoms with Crippen molar-refractivity contribution in [1.82, 2.24) is 5.32 Å². The number of ether oxygens (including phenoxy) is 1. The highest BCUT2D eigenvalue weighted by molar-refractivity contribution is 5.83. The van der Waals surface area contributed by atoms with Gasteiger partial charge >= 0.3 is 0 Å². The predicted octanol–water partition coefficient (Wildman–Crippen LogP) is 3.89. The second-order valence-corrected chi connectivity index (χ2v) is 5.82. The second-order valence-electron chi connectivity index (χ2n) is 5.82. The molecule has 0 aliphatic rings. The van der Waals surface area contributed by atoms with Crippen LogP contribution in [0.4, 0.5) is 0 Å². The van der Waals surface area contributed by atoms with E-state index < -0.39 is 0 Å². The first-order valence-corrected chi connectivity index (χ1v) is 6.78. The maximum atomic E-state index is 5.99.